The van der Waals surface area contributed by atoms with E-state index < -0.39 is 0 Å². The van der Waals surface area contributed by atoms with Gasteiger partial charge >= 0.3 is 0 Å². The number of imidazole rings is 1. The van der Waals surface area contributed by atoms with Gasteiger partial charge in [-0.25, -0.2) is 9.98 Å². The Morgan fingerprint density at radius 3 is 2.74 bits per heavy atom. The van der Waals surface area contributed by atoms with E-state index in [9.17, 15) is 4.79 Å². The van der Waals surface area contributed by atoms with Crippen LogP contribution in [-0.2, 0) is 24.3 Å². The van der Waals surface area contributed by atoms with Gasteiger partial charge in [0, 0.05) is 37.5 Å². The lowest BCUT2D eigenvalue weighted by Crippen LogP contribution is -2.38. The minimum atomic E-state index is -0.243. The molecule has 1 aromatic heterocycles. The Bertz CT molecular complexity index is 1130. The second-order valence-electron chi connectivity index (χ2n) is 8.97. The Balaban J connectivity index is 1.09. The SMILES string of the molecule is O=C1NC2=Nc3ccc(OCCCCCCCn4ccnc4)cc3CN2C1Cc1ccccc1. The third-order valence-corrected chi connectivity index (χ3v) is 6.46. The molecule has 0 saturated carbocycles. The number of aromatic nitrogens is 2. The van der Waals surface area contributed by atoms with Crippen LogP contribution in [0.25, 0.3) is 0 Å². The zero-order valence-corrected chi connectivity index (χ0v) is 19.4. The number of nitrogens with zero attached hydrogens (tertiary/aromatic N) is 4. The first-order valence-electron chi connectivity index (χ1n) is 12.2. The molecule has 0 bridgehead atoms. The van der Waals surface area contributed by atoms with Gasteiger partial charge in [-0.15, -0.1) is 0 Å². The molecule has 176 valence electrons. The number of carbonyl (C=O) groups is 1. The predicted molar refractivity (Wildman–Crippen MR) is 132 cm³/mol. The standard InChI is InChI=1S/C27H31N5O2/c33-26-25(17-21-9-5-4-6-10-21)32-19-22-18-23(11-12-24(22)29-27(32)30-26)34-16-8-3-1-2-7-14-31-15-13-28-20-31/h4-6,9-13,15,18,20,25H,1-3,7-8,14,16-17,19H2,(H,29,30,33). The second kappa shape index (κ2) is 10.5. The lowest BCUT2D eigenvalue weighted by atomic mass is 10.0. The highest BCUT2D eigenvalue weighted by Gasteiger charge is 2.39. The molecule has 2 aliphatic rings. The van der Waals surface area contributed by atoms with Crippen LogP contribution in [0.15, 0.2) is 72.2 Å². The first kappa shape index (κ1) is 22.2. The molecule has 3 aromatic rings. The van der Waals surface area contributed by atoms with Crippen LogP contribution < -0.4 is 10.1 Å². The van der Waals surface area contributed by atoms with Crippen molar-refractivity contribution in [2.45, 2.75) is 57.7 Å². The van der Waals surface area contributed by atoms with Crippen molar-refractivity contribution in [2.75, 3.05) is 6.61 Å². The van der Waals surface area contributed by atoms with Crippen LogP contribution in [0.1, 0.15) is 43.2 Å². The minimum absolute atomic E-state index is 0.0110. The molecule has 1 saturated heterocycles. The number of amides is 1. The van der Waals surface area contributed by atoms with Crippen LogP contribution in [0, 0.1) is 0 Å². The van der Waals surface area contributed by atoms with Crippen molar-refractivity contribution in [1.82, 2.24) is 19.8 Å². The lowest BCUT2D eigenvalue weighted by molar-refractivity contribution is -0.121. The molecular formula is C27H31N5O2. The van der Waals surface area contributed by atoms with Gasteiger partial charge in [-0.1, -0.05) is 49.6 Å². The molecule has 34 heavy (non-hydrogen) atoms. The molecule has 0 spiro atoms. The van der Waals surface area contributed by atoms with Crippen molar-refractivity contribution in [2.24, 2.45) is 4.99 Å². The summed E-state index contributed by atoms with van der Waals surface area (Å²) in [4.78, 5) is 23.5. The summed E-state index contributed by atoms with van der Waals surface area (Å²) in [7, 11) is 0. The van der Waals surface area contributed by atoms with E-state index in [0.717, 1.165) is 42.1 Å². The van der Waals surface area contributed by atoms with Crippen molar-refractivity contribution >= 4 is 17.6 Å². The first-order chi connectivity index (χ1) is 16.8. The van der Waals surface area contributed by atoms with Crippen LogP contribution in [0.3, 0.4) is 0 Å². The van der Waals surface area contributed by atoms with Crippen LogP contribution in [0.4, 0.5) is 5.69 Å². The molecule has 2 aliphatic heterocycles. The fraction of sp³-hybridized carbons (Fsp3) is 0.370. The van der Waals surface area contributed by atoms with Gasteiger partial charge in [0.15, 0.2) is 0 Å². The van der Waals surface area contributed by atoms with E-state index in [4.69, 9.17) is 9.73 Å². The van der Waals surface area contributed by atoms with Crippen molar-refractivity contribution in [1.29, 1.82) is 0 Å². The van der Waals surface area contributed by atoms with Gasteiger partial charge in [0.05, 0.1) is 18.6 Å². The topological polar surface area (TPSA) is 71.7 Å². The van der Waals surface area contributed by atoms with Crippen molar-refractivity contribution < 1.29 is 9.53 Å². The van der Waals surface area contributed by atoms with Crippen molar-refractivity contribution in [3.05, 3.63) is 78.4 Å². The summed E-state index contributed by atoms with van der Waals surface area (Å²) < 4.78 is 8.16. The van der Waals surface area contributed by atoms with E-state index in [1.54, 1.807) is 0 Å². The molecule has 1 fully saturated rings. The predicted octanol–water partition coefficient (Wildman–Crippen LogP) is 4.46. The number of rotatable bonds is 11. The maximum Gasteiger partial charge on any atom is 0.249 e. The van der Waals surface area contributed by atoms with E-state index in [0.29, 0.717) is 18.9 Å². The highest BCUT2D eigenvalue weighted by Crippen LogP contribution is 2.32. The van der Waals surface area contributed by atoms with Gasteiger partial charge in [-0.2, -0.15) is 0 Å². The van der Waals surface area contributed by atoms with E-state index in [-0.39, 0.29) is 11.9 Å². The van der Waals surface area contributed by atoms with Crippen LogP contribution >= 0.6 is 0 Å². The minimum Gasteiger partial charge on any atom is -0.494 e. The van der Waals surface area contributed by atoms with Gasteiger partial charge in [-0.05, 0) is 36.6 Å². The molecule has 3 heterocycles. The third-order valence-electron chi connectivity index (χ3n) is 6.46. The number of fused-ring (bicyclic) bond motifs is 2. The highest BCUT2D eigenvalue weighted by molar-refractivity contribution is 6.07. The number of hydrogen-bond donors (Lipinski definition) is 1. The first-order valence-corrected chi connectivity index (χ1v) is 12.2. The Hall–Kier alpha value is -3.61. The normalized spacial score (nSPS) is 16.6. The second-order valence-corrected chi connectivity index (χ2v) is 8.97. The maximum atomic E-state index is 12.6. The number of ether oxygens (including phenoxy) is 1. The van der Waals surface area contributed by atoms with Gasteiger partial charge in [-0.3, -0.25) is 10.1 Å². The molecule has 1 atom stereocenters. The highest BCUT2D eigenvalue weighted by atomic mass is 16.5. The fourth-order valence-electron chi connectivity index (χ4n) is 4.59. The smallest absolute Gasteiger partial charge is 0.249 e. The third kappa shape index (κ3) is 5.30. The van der Waals surface area contributed by atoms with E-state index in [1.807, 2.05) is 49.1 Å². The molecule has 0 aliphatic carbocycles. The summed E-state index contributed by atoms with van der Waals surface area (Å²) in [6.45, 7) is 2.41. The van der Waals surface area contributed by atoms with Crippen molar-refractivity contribution in [3.63, 3.8) is 0 Å². The quantitative estimate of drug-likeness (QED) is 0.432. The zero-order valence-electron chi connectivity index (χ0n) is 19.4. The number of hydrogen-bond acceptors (Lipinski definition) is 5. The Morgan fingerprint density at radius 1 is 1.03 bits per heavy atom. The summed E-state index contributed by atoms with van der Waals surface area (Å²) in [5.74, 6) is 1.53. The number of guanidine groups is 1. The summed E-state index contributed by atoms with van der Waals surface area (Å²) in [6, 6.07) is 15.9. The zero-order chi connectivity index (χ0) is 23.2. The molecule has 2 aromatic carbocycles. The molecular weight excluding hydrogens is 426 g/mol. The molecule has 0 radical (unpaired) electrons. The largest absolute Gasteiger partial charge is 0.494 e. The Morgan fingerprint density at radius 2 is 1.88 bits per heavy atom. The Labute approximate surface area is 200 Å². The van der Waals surface area contributed by atoms with Gasteiger partial charge in [0.25, 0.3) is 0 Å². The summed E-state index contributed by atoms with van der Waals surface area (Å²) in [5.41, 5.74) is 3.14. The summed E-state index contributed by atoms with van der Waals surface area (Å²) in [5, 5.41) is 2.95. The number of benzene rings is 2. The lowest BCUT2D eigenvalue weighted by Gasteiger charge is -2.28. The monoisotopic (exact) mass is 457 g/mol. The molecule has 7 nitrogen and oxygen atoms in total. The number of aliphatic imine (C=N–C) groups is 1. The van der Waals surface area contributed by atoms with Crippen molar-refractivity contribution in [3.8, 4) is 5.75 Å². The van der Waals surface area contributed by atoms with Crippen LogP contribution in [0.2, 0.25) is 0 Å². The average Bonchev–Trinajstić information content (AvgIpc) is 3.48. The van der Waals surface area contributed by atoms with Gasteiger partial charge < -0.3 is 14.2 Å². The van der Waals surface area contributed by atoms with Crippen LogP contribution in [0.5, 0.6) is 5.75 Å². The molecule has 5 rings (SSSR count). The number of carbonyl (C=O) groups excluding carboxylic acids is 1. The average molecular weight is 458 g/mol. The summed E-state index contributed by atoms with van der Waals surface area (Å²) >= 11 is 0. The van der Waals surface area contributed by atoms with Crippen LogP contribution in [-0.4, -0.2) is 39.0 Å². The van der Waals surface area contributed by atoms with E-state index >= 15 is 0 Å². The molecule has 1 N–H and O–H groups in total. The summed E-state index contributed by atoms with van der Waals surface area (Å²) in [6.07, 6.45) is 12.2. The Kier molecular flexibility index (Phi) is 6.89. The molecule has 7 heteroatoms. The van der Waals surface area contributed by atoms with E-state index in [2.05, 4.69) is 38.0 Å². The van der Waals surface area contributed by atoms with E-state index in [1.165, 1.54) is 25.7 Å². The molecule has 1 amide bonds. The number of unbranched alkanes of at least 4 members (excludes halogenated alkanes) is 4. The van der Waals surface area contributed by atoms with Gasteiger partial charge in [0.2, 0.25) is 11.9 Å². The maximum absolute atomic E-state index is 12.6. The fourth-order valence-corrected chi connectivity index (χ4v) is 4.59. The molecule has 1 unspecified atom stereocenters. The number of nitrogens with one attached hydrogen (secondary N) is 1. The number of aryl methyl sites for hydroxylation is 1. The van der Waals surface area contributed by atoms with Gasteiger partial charge in [0.1, 0.15) is 11.8 Å².